The highest BCUT2D eigenvalue weighted by Crippen LogP contribution is 2.58. The molecule has 5 aliphatic rings. The molecule has 5 fully saturated rings. The Kier molecular flexibility index (Phi) is 6.06. The SMILES string of the molecule is Cn1cc(-c2cc(C(F)(F)F)nc(N3CCN(C(=O)c4nn(C56CC7CC(CC(C7)C5)C6)cc4[N+](=O)[O-])CC3)n2)cn1. The number of anilines is 1. The van der Waals surface area contributed by atoms with E-state index in [4.69, 9.17) is 0 Å². The van der Waals surface area contributed by atoms with E-state index in [1.807, 2.05) is 0 Å². The molecule has 1 amide bonds. The van der Waals surface area contributed by atoms with E-state index in [9.17, 15) is 28.1 Å². The molecule has 1 aliphatic heterocycles. The Morgan fingerprint density at radius 2 is 1.67 bits per heavy atom. The van der Waals surface area contributed by atoms with E-state index < -0.39 is 22.7 Å². The lowest BCUT2D eigenvalue weighted by molar-refractivity contribution is -0.385. The normalized spacial score (nSPS) is 27.1. The first-order valence-electron chi connectivity index (χ1n) is 14.2. The lowest BCUT2D eigenvalue weighted by Crippen LogP contribution is -2.52. The topological polar surface area (TPSA) is 128 Å². The number of nitro groups is 1. The molecule has 0 atom stereocenters. The summed E-state index contributed by atoms with van der Waals surface area (Å²) in [5.74, 6) is 1.15. The Morgan fingerprint density at radius 1 is 1.02 bits per heavy atom. The Bertz CT molecular complexity index is 1520. The van der Waals surface area contributed by atoms with E-state index in [0.717, 1.165) is 25.3 Å². The first-order valence-corrected chi connectivity index (χ1v) is 14.2. The van der Waals surface area contributed by atoms with Gasteiger partial charge in [-0.05, 0) is 62.3 Å². The van der Waals surface area contributed by atoms with Gasteiger partial charge in [-0.15, -0.1) is 0 Å². The minimum Gasteiger partial charge on any atom is -0.337 e. The molecule has 3 aromatic heterocycles. The molecule has 222 valence electrons. The van der Waals surface area contributed by atoms with Crippen molar-refractivity contribution in [2.45, 2.75) is 50.2 Å². The van der Waals surface area contributed by atoms with Crippen LogP contribution in [0.3, 0.4) is 0 Å². The standard InChI is InChI=1S/C27H30F3N9O3/c1-35-14-19(13-31-35)20-9-22(27(28,29)30)33-25(32-20)37-4-2-36(3-5-37)24(40)23-21(39(41)42)15-38(34-23)26-10-16-6-17(11-26)8-18(7-16)12-26/h9,13-18H,2-8,10-12H2,1H3. The maximum atomic E-state index is 13.7. The smallest absolute Gasteiger partial charge is 0.337 e. The fraction of sp³-hybridized carbons (Fsp3) is 0.593. The van der Waals surface area contributed by atoms with Crippen molar-refractivity contribution in [2.24, 2.45) is 24.8 Å². The maximum absolute atomic E-state index is 13.7. The number of piperazine rings is 1. The van der Waals surface area contributed by atoms with E-state index in [1.165, 1.54) is 41.2 Å². The van der Waals surface area contributed by atoms with Crippen molar-refractivity contribution in [3.05, 3.63) is 46.2 Å². The molecule has 12 nitrogen and oxygen atoms in total. The Balaban J connectivity index is 1.11. The molecule has 0 N–H and O–H groups in total. The quantitative estimate of drug-likeness (QED) is 0.326. The van der Waals surface area contributed by atoms with E-state index in [2.05, 4.69) is 20.2 Å². The first-order chi connectivity index (χ1) is 20.0. The number of amides is 1. The monoisotopic (exact) mass is 585 g/mol. The van der Waals surface area contributed by atoms with E-state index in [1.54, 1.807) is 22.8 Å². The van der Waals surface area contributed by atoms with Gasteiger partial charge in [0.2, 0.25) is 11.6 Å². The van der Waals surface area contributed by atoms with E-state index >= 15 is 0 Å². The van der Waals surface area contributed by atoms with Crippen molar-refractivity contribution in [3.63, 3.8) is 0 Å². The molecule has 4 aliphatic carbocycles. The van der Waals surface area contributed by atoms with Crippen molar-refractivity contribution >= 4 is 17.5 Å². The van der Waals surface area contributed by atoms with Gasteiger partial charge in [0.05, 0.1) is 22.4 Å². The van der Waals surface area contributed by atoms with Crippen LogP contribution in [0.1, 0.15) is 54.7 Å². The number of carbonyl (C=O) groups is 1. The zero-order valence-corrected chi connectivity index (χ0v) is 23.0. The van der Waals surface area contributed by atoms with Gasteiger partial charge in [0, 0.05) is 45.0 Å². The van der Waals surface area contributed by atoms with Crippen LogP contribution in [0, 0.1) is 27.9 Å². The number of alkyl halides is 3. The minimum atomic E-state index is -4.68. The van der Waals surface area contributed by atoms with Crippen molar-refractivity contribution in [2.75, 3.05) is 31.1 Å². The highest BCUT2D eigenvalue weighted by Gasteiger charge is 2.53. The zero-order valence-electron chi connectivity index (χ0n) is 23.0. The summed E-state index contributed by atoms with van der Waals surface area (Å²) in [5, 5.41) is 20.6. The summed E-state index contributed by atoms with van der Waals surface area (Å²) < 4.78 is 44.2. The van der Waals surface area contributed by atoms with Crippen LogP contribution >= 0.6 is 0 Å². The Labute approximate surface area is 238 Å². The molecule has 4 saturated carbocycles. The number of rotatable bonds is 5. The van der Waals surface area contributed by atoms with Crippen LogP contribution in [0.15, 0.2) is 24.7 Å². The fourth-order valence-corrected chi connectivity index (χ4v) is 7.92. The zero-order chi connectivity index (χ0) is 29.4. The molecule has 42 heavy (non-hydrogen) atoms. The van der Waals surface area contributed by atoms with Crippen LogP contribution in [-0.2, 0) is 18.8 Å². The van der Waals surface area contributed by atoms with Gasteiger partial charge >= 0.3 is 11.9 Å². The summed E-state index contributed by atoms with van der Waals surface area (Å²) in [4.78, 5) is 36.2. The summed E-state index contributed by atoms with van der Waals surface area (Å²) in [6.45, 7) is 0.566. The van der Waals surface area contributed by atoms with Crippen molar-refractivity contribution < 1.29 is 22.9 Å². The number of hydrogen-bond donors (Lipinski definition) is 0. The highest BCUT2D eigenvalue weighted by molar-refractivity contribution is 5.96. The summed E-state index contributed by atoms with van der Waals surface area (Å²) >= 11 is 0. The van der Waals surface area contributed by atoms with Crippen LogP contribution in [0.2, 0.25) is 0 Å². The Morgan fingerprint density at radius 3 is 2.21 bits per heavy atom. The molecular weight excluding hydrogens is 555 g/mol. The molecule has 0 aromatic carbocycles. The molecular formula is C27H30F3N9O3. The summed E-state index contributed by atoms with van der Waals surface area (Å²) in [5.41, 5.74) is -1.33. The number of aryl methyl sites for hydroxylation is 1. The number of hydrogen-bond acceptors (Lipinski definition) is 8. The van der Waals surface area contributed by atoms with Gasteiger partial charge in [0.25, 0.3) is 5.91 Å². The molecule has 4 bridgehead atoms. The number of carbonyl (C=O) groups excluding carboxylic acids is 1. The average molecular weight is 586 g/mol. The maximum Gasteiger partial charge on any atom is 0.433 e. The van der Waals surface area contributed by atoms with Gasteiger partial charge in [-0.2, -0.15) is 23.4 Å². The first kappa shape index (κ1) is 26.8. The molecule has 15 heteroatoms. The average Bonchev–Trinajstić information content (AvgIpc) is 3.59. The lowest BCUT2D eigenvalue weighted by Gasteiger charge is -2.56. The predicted octanol–water partition coefficient (Wildman–Crippen LogP) is 3.89. The van der Waals surface area contributed by atoms with Crippen LogP contribution < -0.4 is 4.90 Å². The second kappa shape index (κ2) is 9.49. The third kappa shape index (κ3) is 4.58. The minimum absolute atomic E-state index is 0.0878. The molecule has 8 rings (SSSR count). The predicted molar refractivity (Wildman–Crippen MR) is 142 cm³/mol. The van der Waals surface area contributed by atoms with Gasteiger partial charge in [-0.25, -0.2) is 9.97 Å². The second-order valence-electron chi connectivity index (χ2n) is 12.3. The number of aromatic nitrogens is 6. The molecule has 1 saturated heterocycles. The molecule has 0 spiro atoms. The summed E-state index contributed by atoms with van der Waals surface area (Å²) in [7, 11) is 1.66. The van der Waals surface area contributed by atoms with E-state index in [0.29, 0.717) is 23.3 Å². The molecule has 4 heterocycles. The number of nitrogens with zero attached hydrogens (tertiary/aromatic N) is 9. The van der Waals surface area contributed by atoms with Gasteiger partial charge < -0.3 is 9.80 Å². The van der Waals surface area contributed by atoms with Crippen molar-refractivity contribution in [1.82, 2.24) is 34.4 Å². The lowest BCUT2D eigenvalue weighted by atomic mass is 9.53. The van der Waals surface area contributed by atoms with Gasteiger partial charge in [0.15, 0.2) is 5.69 Å². The van der Waals surface area contributed by atoms with Crippen LogP contribution in [-0.4, -0.2) is 71.4 Å². The Hall–Kier alpha value is -4.04. The highest BCUT2D eigenvalue weighted by atomic mass is 19.4. The molecule has 3 aromatic rings. The van der Waals surface area contributed by atoms with Gasteiger partial charge in [-0.1, -0.05) is 0 Å². The van der Waals surface area contributed by atoms with E-state index in [-0.39, 0.29) is 54.7 Å². The largest absolute Gasteiger partial charge is 0.433 e. The molecule has 0 unspecified atom stereocenters. The summed E-state index contributed by atoms with van der Waals surface area (Å²) in [6.07, 6.45) is 6.17. The van der Waals surface area contributed by atoms with Gasteiger partial charge in [-0.3, -0.25) is 24.3 Å². The molecule has 0 radical (unpaired) electrons. The fourth-order valence-electron chi connectivity index (χ4n) is 7.92. The summed E-state index contributed by atoms with van der Waals surface area (Å²) in [6, 6.07) is 0.888. The second-order valence-corrected chi connectivity index (χ2v) is 12.3. The number of halogens is 3. The van der Waals surface area contributed by atoms with Crippen molar-refractivity contribution in [3.8, 4) is 11.3 Å². The van der Waals surface area contributed by atoms with Crippen LogP contribution in [0.25, 0.3) is 11.3 Å². The van der Waals surface area contributed by atoms with Crippen LogP contribution in [0.5, 0.6) is 0 Å². The third-order valence-corrected chi connectivity index (χ3v) is 9.44. The van der Waals surface area contributed by atoms with Gasteiger partial charge in [0.1, 0.15) is 6.20 Å². The van der Waals surface area contributed by atoms with Crippen molar-refractivity contribution in [1.29, 1.82) is 0 Å². The van der Waals surface area contributed by atoms with Crippen LogP contribution in [0.4, 0.5) is 24.8 Å². The third-order valence-electron chi connectivity index (χ3n) is 9.44.